The summed E-state index contributed by atoms with van der Waals surface area (Å²) in [6.07, 6.45) is 8.16. The highest BCUT2D eigenvalue weighted by molar-refractivity contribution is 7.92. The third kappa shape index (κ3) is 9.38. The summed E-state index contributed by atoms with van der Waals surface area (Å²) < 4.78 is 31.1. The van der Waals surface area contributed by atoms with Crippen molar-refractivity contribution in [2.45, 2.75) is 83.0 Å². The molecule has 9 nitrogen and oxygen atoms in total. The molecule has 0 bridgehead atoms. The Kier molecular flexibility index (Phi) is 10.7. The van der Waals surface area contributed by atoms with Crippen LogP contribution in [0.25, 0.3) is 0 Å². The molecule has 1 saturated heterocycles. The molecule has 2 aromatic rings. The fourth-order valence-corrected chi connectivity index (χ4v) is 6.07. The Balaban J connectivity index is 1.21. The van der Waals surface area contributed by atoms with Crippen LogP contribution in [0.2, 0.25) is 0 Å². The van der Waals surface area contributed by atoms with Crippen molar-refractivity contribution < 1.29 is 23.1 Å². The van der Waals surface area contributed by atoms with E-state index in [0.29, 0.717) is 17.2 Å². The summed E-state index contributed by atoms with van der Waals surface area (Å²) in [5.41, 5.74) is 1.69. The zero-order chi connectivity index (χ0) is 28.5. The number of likely N-dealkylation sites (tertiary alicyclic amines) is 1. The number of sulfonamides is 1. The van der Waals surface area contributed by atoms with E-state index in [4.69, 9.17) is 4.74 Å². The van der Waals surface area contributed by atoms with E-state index in [1.54, 1.807) is 24.3 Å². The number of nitrogens with zero attached hydrogens (tertiary/aromatic N) is 2. The van der Waals surface area contributed by atoms with Gasteiger partial charge in [-0.25, -0.2) is 13.2 Å². The van der Waals surface area contributed by atoms with Crippen molar-refractivity contribution in [2.24, 2.45) is 0 Å². The zero-order valence-electron chi connectivity index (χ0n) is 23.7. The molecule has 10 heteroatoms. The maximum atomic E-state index is 13.2. The Bertz CT molecular complexity index is 1170. The second kappa shape index (κ2) is 14.2. The quantitative estimate of drug-likeness (QED) is 0.352. The summed E-state index contributed by atoms with van der Waals surface area (Å²) in [4.78, 5) is 17.7. The van der Waals surface area contributed by atoms with E-state index in [1.165, 1.54) is 5.56 Å². The van der Waals surface area contributed by atoms with Gasteiger partial charge < -0.3 is 20.1 Å². The van der Waals surface area contributed by atoms with Gasteiger partial charge >= 0.3 is 6.03 Å². The number of rotatable bonds is 11. The number of carbonyl (C=O) groups excluding carboxylic acids is 1. The van der Waals surface area contributed by atoms with E-state index in [0.717, 1.165) is 83.8 Å². The largest absolute Gasteiger partial charge is 0.457 e. The number of carbonyl (C=O) groups is 1. The lowest BCUT2D eigenvalue weighted by Gasteiger charge is -2.38. The van der Waals surface area contributed by atoms with E-state index in [9.17, 15) is 18.3 Å². The zero-order valence-corrected chi connectivity index (χ0v) is 24.5. The summed E-state index contributed by atoms with van der Waals surface area (Å²) in [5, 5.41) is 13.2. The van der Waals surface area contributed by atoms with Gasteiger partial charge in [-0.3, -0.25) is 9.62 Å². The van der Waals surface area contributed by atoms with Crippen molar-refractivity contribution in [3.8, 4) is 11.5 Å². The number of hydrogen-bond acceptors (Lipinski definition) is 6. The number of nitrogens with one attached hydrogen (secondary N) is 2. The van der Waals surface area contributed by atoms with Gasteiger partial charge in [0.1, 0.15) is 11.5 Å². The lowest BCUT2D eigenvalue weighted by molar-refractivity contribution is 0.0817. The summed E-state index contributed by atoms with van der Waals surface area (Å²) in [6, 6.07) is 15.3. The Labute approximate surface area is 238 Å². The molecule has 4 rings (SSSR count). The predicted octanol–water partition coefficient (Wildman–Crippen LogP) is 4.93. The van der Waals surface area contributed by atoms with Crippen LogP contribution in [0.4, 0.5) is 10.5 Å². The molecule has 2 fully saturated rings. The maximum Gasteiger partial charge on any atom is 0.317 e. The van der Waals surface area contributed by atoms with Crippen molar-refractivity contribution in [1.82, 2.24) is 15.1 Å². The standard InChI is InChI=1S/C30H44N4O5S/c1-3-4-19-34(26-9-11-27(35)12-10-26)30(36)31-24-17-20-33(21-18-24)22-23-5-13-28(14-6-23)39-29-15-7-25(8-16-29)32-40(2,37)38/h5-8,13-16,24,26-27,32,35H,3-4,9-12,17-22H2,1-2H3,(H,31,36). The van der Waals surface area contributed by atoms with E-state index < -0.39 is 10.0 Å². The van der Waals surface area contributed by atoms with Crippen molar-refractivity contribution in [2.75, 3.05) is 30.6 Å². The molecule has 40 heavy (non-hydrogen) atoms. The highest BCUT2D eigenvalue weighted by Gasteiger charge is 2.29. The second-order valence-corrected chi connectivity index (χ2v) is 12.9. The van der Waals surface area contributed by atoms with Crippen LogP contribution in [0, 0.1) is 0 Å². The van der Waals surface area contributed by atoms with Crippen molar-refractivity contribution in [3.63, 3.8) is 0 Å². The van der Waals surface area contributed by atoms with Gasteiger partial charge in [0.05, 0.1) is 12.4 Å². The lowest BCUT2D eigenvalue weighted by atomic mass is 9.92. The van der Waals surface area contributed by atoms with E-state index in [-0.39, 0.29) is 24.2 Å². The Morgan fingerprint density at radius 2 is 1.57 bits per heavy atom. The van der Waals surface area contributed by atoms with Gasteiger partial charge in [0, 0.05) is 44.0 Å². The van der Waals surface area contributed by atoms with Crippen LogP contribution in [0.3, 0.4) is 0 Å². The molecule has 1 heterocycles. The van der Waals surface area contributed by atoms with Gasteiger partial charge in [-0.05, 0) is 86.9 Å². The predicted molar refractivity (Wildman–Crippen MR) is 158 cm³/mol. The first-order valence-corrected chi connectivity index (χ1v) is 16.4. The first kappa shape index (κ1) is 30.1. The van der Waals surface area contributed by atoms with Gasteiger partial charge in [0.15, 0.2) is 0 Å². The molecule has 0 aromatic heterocycles. The molecule has 1 aliphatic carbocycles. The van der Waals surface area contributed by atoms with Gasteiger partial charge in [-0.15, -0.1) is 0 Å². The second-order valence-electron chi connectivity index (χ2n) is 11.2. The normalized spacial score (nSPS) is 20.6. The molecule has 0 atom stereocenters. The minimum absolute atomic E-state index is 0.0604. The van der Waals surface area contributed by atoms with E-state index >= 15 is 0 Å². The van der Waals surface area contributed by atoms with Crippen LogP contribution in [0.1, 0.15) is 63.9 Å². The summed E-state index contributed by atoms with van der Waals surface area (Å²) in [5.74, 6) is 1.35. The van der Waals surface area contributed by atoms with Crippen molar-refractivity contribution in [3.05, 3.63) is 54.1 Å². The molecular formula is C30H44N4O5S. The van der Waals surface area contributed by atoms with Crippen LogP contribution < -0.4 is 14.8 Å². The number of amides is 2. The van der Waals surface area contributed by atoms with Crippen molar-refractivity contribution in [1.29, 1.82) is 0 Å². The molecule has 0 unspecified atom stereocenters. The molecule has 1 aliphatic heterocycles. The summed E-state index contributed by atoms with van der Waals surface area (Å²) >= 11 is 0. The fraction of sp³-hybridized carbons (Fsp3) is 0.567. The highest BCUT2D eigenvalue weighted by atomic mass is 32.2. The molecule has 3 N–H and O–H groups in total. The highest BCUT2D eigenvalue weighted by Crippen LogP contribution is 2.26. The molecule has 0 spiro atoms. The van der Waals surface area contributed by atoms with Crippen LogP contribution >= 0.6 is 0 Å². The van der Waals surface area contributed by atoms with Gasteiger partial charge in [0.25, 0.3) is 0 Å². The molecule has 0 radical (unpaired) electrons. The number of aliphatic hydroxyl groups is 1. The topological polar surface area (TPSA) is 111 Å². The maximum absolute atomic E-state index is 13.2. The number of urea groups is 1. The van der Waals surface area contributed by atoms with E-state index in [2.05, 4.69) is 34.0 Å². The molecular weight excluding hydrogens is 528 g/mol. The van der Waals surface area contributed by atoms with E-state index in [1.807, 2.05) is 17.0 Å². The van der Waals surface area contributed by atoms with Gasteiger partial charge in [-0.2, -0.15) is 0 Å². The number of unbranched alkanes of at least 4 members (excludes halogenated alkanes) is 1. The third-order valence-electron chi connectivity index (χ3n) is 7.76. The number of hydrogen-bond donors (Lipinski definition) is 3. The lowest BCUT2D eigenvalue weighted by Crippen LogP contribution is -2.53. The molecule has 2 aliphatic rings. The first-order chi connectivity index (χ1) is 19.2. The van der Waals surface area contributed by atoms with Crippen LogP contribution in [-0.2, 0) is 16.6 Å². The van der Waals surface area contributed by atoms with Crippen molar-refractivity contribution >= 4 is 21.7 Å². The van der Waals surface area contributed by atoms with Crippen LogP contribution in [-0.4, -0.2) is 73.4 Å². The molecule has 220 valence electrons. The Morgan fingerprint density at radius 3 is 2.15 bits per heavy atom. The fourth-order valence-electron chi connectivity index (χ4n) is 5.50. The molecule has 2 aromatic carbocycles. The van der Waals surface area contributed by atoms with Gasteiger partial charge in [-0.1, -0.05) is 25.5 Å². The minimum atomic E-state index is -3.31. The summed E-state index contributed by atoms with van der Waals surface area (Å²) in [7, 11) is -3.31. The average Bonchev–Trinajstić information content (AvgIpc) is 2.92. The number of anilines is 1. The minimum Gasteiger partial charge on any atom is -0.457 e. The smallest absolute Gasteiger partial charge is 0.317 e. The third-order valence-corrected chi connectivity index (χ3v) is 8.36. The molecule has 1 saturated carbocycles. The summed E-state index contributed by atoms with van der Waals surface area (Å²) in [6.45, 7) is 5.65. The number of aliphatic hydroxyl groups excluding tert-OH is 1. The van der Waals surface area contributed by atoms with Gasteiger partial charge in [0.2, 0.25) is 10.0 Å². The Morgan fingerprint density at radius 1 is 0.975 bits per heavy atom. The monoisotopic (exact) mass is 572 g/mol. The number of piperidine rings is 1. The Hall–Kier alpha value is -2.82. The number of ether oxygens (including phenoxy) is 1. The SMILES string of the molecule is CCCCN(C(=O)NC1CCN(Cc2ccc(Oc3ccc(NS(C)(=O)=O)cc3)cc2)CC1)C1CCC(O)CC1. The average molecular weight is 573 g/mol. The number of benzene rings is 2. The first-order valence-electron chi connectivity index (χ1n) is 14.5. The molecule has 2 amide bonds. The van der Waals surface area contributed by atoms with Crippen LogP contribution in [0.5, 0.6) is 11.5 Å². The van der Waals surface area contributed by atoms with Crippen LogP contribution in [0.15, 0.2) is 48.5 Å².